The van der Waals surface area contributed by atoms with Crippen LogP contribution in [0.15, 0.2) is 0 Å². The van der Waals surface area contributed by atoms with E-state index in [9.17, 15) is 0 Å². The van der Waals surface area contributed by atoms with Crippen LogP contribution >= 0.6 is 0 Å². The van der Waals surface area contributed by atoms with Crippen LogP contribution in [0, 0.1) is 0 Å². The fourth-order valence-electron chi connectivity index (χ4n) is 0.940. The van der Waals surface area contributed by atoms with Crippen molar-refractivity contribution in [2.24, 2.45) is 0 Å². The number of nitrogens with one attached hydrogen (secondary N) is 2. The number of hydrogen-bond donors (Lipinski definition) is 3. The van der Waals surface area contributed by atoms with Crippen LogP contribution in [0.5, 0.6) is 0 Å². The van der Waals surface area contributed by atoms with Gasteiger partial charge in [-0.15, -0.1) is 0 Å². The standard InChI is InChI=1S/C6H14N2O2/c9-3-4-10-6-5-7-1-2-8-6/h6-9H,1-5H2. The maximum atomic E-state index is 8.42. The Morgan fingerprint density at radius 3 is 3.00 bits per heavy atom. The van der Waals surface area contributed by atoms with Gasteiger partial charge in [0.05, 0.1) is 13.2 Å². The number of rotatable bonds is 3. The molecule has 1 unspecified atom stereocenters. The van der Waals surface area contributed by atoms with Gasteiger partial charge < -0.3 is 15.2 Å². The van der Waals surface area contributed by atoms with Crippen LogP contribution in [-0.4, -0.2) is 44.2 Å². The van der Waals surface area contributed by atoms with Gasteiger partial charge in [0, 0.05) is 19.6 Å². The van der Waals surface area contributed by atoms with E-state index in [2.05, 4.69) is 10.6 Å². The molecule has 0 radical (unpaired) electrons. The molecular formula is C6H14N2O2. The second-order valence-corrected chi connectivity index (χ2v) is 2.24. The molecule has 0 aromatic rings. The Morgan fingerprint density at radius 1 is 1.50 bits per heavy atom. The molecule has 0 aliphatic carbocycles. The topological polar surface area (TPSA) is 53.5 Å². The van der Waals surface area contributed by atoms with E-state index < -0.39 is 0 Å². The molecule has 0 bridgehead atoms. The molecule has 0 aromatic carbocycles. The normalized spacial score (nSPS) is 26.7. The van der Waals surface area contributed by atoms with Crippen molar-refractivity contribution in [2.75, 3.05) is 32.8 Å². The summed E-state index contributed by atoms with van der Waals surface area (Å²) in [5.74, 6) is 0. The SMILES string of the molecule is OCCOC1CNCCN1. The van der Waals surface area contributed by atoms with Crippen LogP contribution in [0.1, 0.15) is 0 Å². The quantitative estimate of drug-likeness (QED) is 0.454. The van der Waals surface area contributed by atoms with Gasteiger partial charge in [0.1, 0.15) is 6.23 Å². The second-order valence-electron chi connectivity index (χ2n) is 2.24. The smallest absolute Gasteiger partial charge is 0.120 e. The van der Waals surface area contributed by atoms with E-state index in [-0.39, 0.29) is 12.8 Å². The summed E-state index contributed by atoms with van der Waals surface area (Å²) >= 11 is 0. The molecule has 1 atom stereocenters. The Hall–Kier alpha value is -0.160. The number of piperazine rings is 1. The molecule has 4 nitrogen and oxygen atoms in total. The maximum absolute atomic E-state index is 8.42. The minimum atomic E-state index is 0.0842. The maximum Gasteiger partial charge on any atom is 0.120 e. The van der Waals surface area contributed by atoms with Gasteiger partial charge in [0.25, 0.3) is 0 Å². The van der Waals surface area contributed by atoms with Gasteiger partial charge in [-0.2, -0.15) is 0 Å². The lowest BCUT2D eigenvalue weighted by Gasteiger charge is -2.24. The van der Waals surface area contributed by atoms with Gasteiger partial charge in [-0.05, 0) is 0 Å². The predicted molar refractivity (Wildman–Crippen MR) is 37.7 cm³/mol. The van der Waals surface area contributed by atoms with Gasteiger partial charge in [-0.1, -0.05) is 0 Å². The summed E-state index contributed by atoms with van der Waals surface area (Å²) in [4.78, 5) is 0. The molecule has 0 spiro atoms. The Morgan fingerprint density at radius 2 is 2.40 bits per heavy atom. The Labute approximate surface area is 60.6 Å². The van der Waals surface area contributed by atoms with Crippen molar-refractivity contribution in [3.63, 3.8) is 0 Å². The van der Waals surface area contributed by atoms with Crippen molar-refractivity contribution < 1.29 is 9.84 Å². The highest BCUT2D eigenvalue weighted by Gasteiger charge is 2.10. The number of ether oxygens (including phenoxy) is 1. The highest BCUT2D eigenvalue weighted by atomic mass is 16.5. The van der Waals surface area contributed by atoms with Crippen LogP contribution in [-0.2, 0) is 4.74 Å². The molecule has 1 saturated heterocycles. The molecule has 1 heterocycles. The van der Waals surface area contributed by atoms with Crippen molar-refractivity contribution in [1.29, 1.82) is 0 Å². The van der Waals surface area contributed by atoms with Crippen LogP contribution < -0.4 is 10.6 Å². The summed E-state index contributed by atoms with van der Waals surface area (Å²) in [6.07, 6.45) is 0.0842. The highest BCUT2D eigenvalue weighted by molar-refractivity contribution is 4.66. The second kappa shape index (κ2) is 4.62. The zero-order valence-electron chi connectivity index (χ0n) is 5.97. The molecule has 4 heteroatoms. The Kier molecular flexibility index (Phi) is 3.67. The Bertz CT molecular complexity index is 83.8. The van der Waals surface area contributed by atoms with Crippen LogP contribution in [0.2, 0.25) is 0 Å². The molecule has 1 aliphatic rings. The van der Waals surface area contributed by atoms with Gasteiger partial charge >= 0.3 is 0 Å². The summed E-state index contributed by atoms with van der Waals surface area (Å²) in [5.41, 5.74) is 0. The largest absolute Gasteiger partial charge is 0.394 e. The van der Waals surface area contributed by atoms with Crippen LogP contribution in [0.3, 0.4) is 0 Å². The first kappa shape index (κ1) is 7.94. The zero-order valence-corrected chi connectivity index (χ0v) is 5.97. The first-order valence-electron chi connectivity index (χ1n) is 3.60. The zero-order chi connectivity index (χ0) is 7.23. The number of aliphatic hydroxyl groups is 1. The monoisotopic (exact) mass is 146 g/mol. The molecule has 0 aromatic heterocycles. The molecule has 0 amide bonds. The van der Waals surface area contributed by atoms with Gasteiger partial charge in [-0.3, -0.25) is 5.32 Å². The van der Waals surface area contributed by atoms with E-state index >= 15 is 0 Å². The van der Waals surface area contributed by atoms with Crippen molar-refractivity contribution in [2.45, 2.75) is 6.23 Å². The minimum Gasteiger partial charge on any atom is -0.394 e. The van der Waals surface area contributed by atoms with Crippen molar-refractivity contribution >= 4 is 0 Å². The number of aliphatic hydroxyl groups excluding tert-OH is 1. The lowest BCUT2D eigenvalue weighted by Crippen LogP contribution is -2.49. The third kappa shape index (κ3) is 2.62. The fraction of sp³-hybridized carbons (Fsp3) is 1.00. The van der Waals surface area contributed by atoms with Crippen LogP contribution in [0.25, 0.3) is 0 Å². The van der Waals surface area contributed by atoms with E-state index in [4.69, 9.17) is 9.84 Å². The molecule has 3 N–H and O–H groups in total. The third-order valence-electron chi connectivity index (χ3n) is 1.41. The molecule has 1 aliphatic heterocycles. The molecular weight excluding hydrogens is 132 g/mol. The minimum absolute atomic E-state index is 0.0842. The first-order chi connectivity index (χ1) is 4.93. The predicted octanol–water partition coefficient (Wildman–Crippen LogP) is -1.49. The molecule has 10 heavy (non-hydrogen) atoms. The van der Waals surface area contributed by atoms with Gasteiger partial charge in [0.2, 0.25) is 0 Å². The molecule has 60 valence electrons. The summed E-state index contributed by atoms with van der Waals surface area (Å²) in [6, 6.07) is 0. The first-order valence-corrected chi connectivity index (χ1v) is 3.60. The van der Waals surface area contributed by atoms with E-state index in [1.54, 1.807) is 0 Å². The molecule has 1 rings (SSSR count). The average molecular weight is 146 g/mol. The van der Waals surface area contributed by atoms with E-state index in [1.807, 2.05) is 0 Å². The van der Waals surface area contributed by atoms with E-state index in [0.29, 0.717) is 6.61 Å². The fourth-order valence-corrected chi connectivity index (χ4v) is 0.940. The summed E-state index contributed by atoms with van der Waals surface area (Å²) < 4.78 is 5.21. The average Bonchev–Trinajstić information content (AvgIpc) is 2.03. The third-order valence-corrected chi connectivity index (χ3v) is 1.41. The van der Waals surface area contributed by atoms with Gasteiger partial charge in [0.15, 0.2) is 0 Å². The lowest BCUT2D eigenvalue weighted by atomic mass is 10.4. The lowest BCUT2D eigenvalue weighted by molar-refractivity contribution is 0.00262. The molecule has 1 fully saturated rings. The number of hydrogen-bond acceptors (Lipinski definition) is 4. The van der Waals surface area contributed by atoms with Crippen molar-refractivity contribution in [3.8, 4) is 0 Å². The van der Waals surface area contributed by atoms with E-state index in [0.717, 1.165) is 19.6 Å². The van der Waals surface area contributed by atoms with Gasteiger partial charge in [-0.25, -0.2) is 0 Å². The highest BCUT2D eigenvalue weighted by Crippen LogP contribution is 1.88. The molecule has 0 saturated carbocycles. The summed E-state index contributed by atoms with van der Waals surface area (Å²) in [5, 5.41) is 14.8. The van der Waals surface area contributed by atoms with Crippen molar-refractivity contribution in [1.82, 2.24) is 10.6 Å². The Balaban J connectivity index is 2.02. The van der Waals surface area contributed by atoms with Crippen molar-refractivity contribution in [3.05, 3.63) is 0 Å². The summed E-state index contributed by atoms with van der Waals surface area (Å²) in [6.45, 7) is 3.28. The summed E-state index contributed by atoms with van der Waals surface area (Å²) in [7, 11) is 0. The van der Waals surface area contributed by atoms with E-state index in [1.165, 1.54) is 0 Å². The van der Waals surface area contributed by atoms with Crippen LogP contribution in [0.4, 0.5) is 0 Å².